The molecule has 0 unspecified atom stereocenters. The van der Waals surface area contributed by atoms with Crippen molar-refractivity contribution >= 4 is 35.2 Å². The van der Waals surface area contributed by atoms with Gasteiger partial charge in [-0.3, -0.25) is 9.59 Å². The fourth-order valence-corrected chi connectivity index (χ4v) is 3.34. The molecule has 0 bridgehead atoms. The minimum atomic E-state index is -0.685. The molecule has 1 aromatic heterocycles. The standard InChI is InChI=1S/C20H18ClNO6/c1-10-18(12(3)23)11(2)22-19(10)15(24)8-26-17(25)5-4-13-6-14(21)20-16(7-13)27-9-28-20/h4-7,22H,8-9H2,1-3H3/b5-4+. The SMILES string of the molecule is CC(=O)c1c(C)[nH]c(C(=O)COC(=O)/C=C/c2cc(Cl)c3c(c2)OCO3)c1C. The largest absolute Gasteiger partial charge is 0.454 e. The van der Waals surface area contributed by atoms with Crippen molar-refractivity contribution in [3.63, 3.8) is 0 Å². The Morgan fingerprint density at radius 1 is 1.25 bits per heavy atom. The average molecular weight is 404 g/mol. The first-order valence-corrected chi connectivity index (χ1v) is 8.83. The molecule has 146 valence electrons. The molecule has 3 rings (SSSR count). The molecule has 1 N–H and O–H groups in total. The Bertz CT molecular complexity index is 1000. The van der Waals surface area contributed by atoms with Crippen LogP contribution in [0.25, 0.3) is 6.08 Å². The Kier molecular flexibility index (Phi) is 5.56. The zero-order chi connectivity index (χ0) is 20.4. The number of hydrogen-bond donors (Lipinski definition) is 1. The molecule has 1 aliphatic heterocycles. The summed E-state index contributed by atoms with van der Waals surface area (Å²) in [7, 11) is 0. The van der Waals surface area contributed by atoms with Crippen LogP contribution < -0.4 is 9.47 Å². The molecule has 1 aliphatic rings. The van der Waals surface area contributed by atoms with Crippen LogP contribution in [0.15, 0.2) is 18.2 Å². The van der Waals surface area contributed by atoms with E-state index in [2.05, 4.69) is 4.98 Å². The number of aryl methyl sites for hydroxylation is 1. The van der Waals surface area contributed by atoms with E-state index in [9.17, 15) is 14.4 Å². The highest BCUT2D eigenvalue weighted by Crippen LogP contribution is 2.40. The lowest BCUT2D eigenvalue weighted by Gasteiger charge is -2.03. The summed E-state index contributed by atoms with van der Waals surface area (Å²) in [4.78, 5) is 38.8. The van der Waals surface area contributed by atoms with Crippen molar-refractivity contribution in [1.29, 1.82) is 0 Å². The number of fused-ring (bicyclic) bond motifs is 1. The molecular formula is C20H18ClNO6. The van der Waals surface area contributed by atoms with Crippen molar-refractivity contribution in [2.24, 2.45) is 0 Å². The predicted molar refractivity (Wildman–Crippen MR) is 102 cm³/mol. The zero-order valence-electron chi connectivity index (χ0n) is 15.6. The Balaban J connectivity index is 1.62. The van der Waals surface area contributed by atoms with Gasteiger partial charge in [0.2, 0.25) is 12.6 Å². The molecule has 0 saturated heterocycles. The Labute approximate surface area is 166 Å². The van der Waals surface area contributed by atoms with Gasteiger partial charge in [0.25, 0.3) is 0 Å². The van der Waals surface area contributed by atoms with Crippen molar-refractivity contribution in [1.82, 2.24) is 4.98 Å². The van der Waals surface area contributed by atoms with Crippen molar-refractivity contribution in [3.8, 4) is 11.5 Å². The smallest absolute Gasteiger partial charge is 0.331 e. The first-order valence-electron chi connectivity index (χ1n) is 8.45. The summed E-state index contributed by atoms with van der Waals surface area (Å²) in [6.07, 6.45) is 2.69. The van der Waals surface area contributed by atoms with Crippen molar-refractivity contribution < 1.29 is 28.6 Å². The van der Waals surface area contributed by atoms with Gasteiger partial charge in [0.1, 0.15) is 0 Å². The summed E-state index contributed by atoms with van der Waals surface area (Å²) in [6.45, 7) is 4.48. The number of esters is 1. The summed E-state index contributed by atoms with van der Waals surface area (Å²) in [5, 5.41) is 0.372. The number of hydrogen-bond acceptors (Lipinski definition) is 6. The molecule has 0 atom stereocenters. The number of carbonyl (C=O) groups is 3. The maximum absolute atomic E-state index is 12.3. The van der Waals surface area contributed by atoms with E-state index >= 15 is 0 Å². The van der Waals surface area contributed by atoms with Gasteiger partial charge in [-0.25, -0.2) is 4.79 Å². The van der Waals surface area contributed by atoms with Gasteiger partial charge >= 0.3 is 5.97 Å². The molecule has 2 aromatic rings. The van der Waals surface area contributed by atoms with Gasteiger partial charge in [0, 0.05) is 17.3 Å². The van der Waals surface area contributed by atoms with Crippen LogP contribution in [0.5, 0.6) is 11.5 Å². The number of halogens is 1. The molecule has 0 radical (unpaired) electrons. The second kappa shape index (κ2) is 7.90. The first-order chi connectivity index (χ1) is 13.3. The van der Waals surface area contributed by atoms with E-state index in [-0.39, 0.29) is 18.3 Å². The molecule has 1 aromatic carbocycles. The number of nitrogens with one attached hydrogen (secondary N) is 1. The second-order valence-corrected chi connectivity index (χ2v) is 6.69. The number of benzene rings is 1. The number of aromatic nitrogens is 1. The van der Waals surface area contributed by atoms with E-state index in [1.165, 1.54) is 19.1 Å². The lowest BCUT2D eigenvalue weighted by molar-refractivity contribution is -0.136. The average Bonchev–Trinajstić information content (AvgIpc) is 3.22. The van der Waals surface area contributed by atoms with Crippen LogP contribution in [0, 0.1) is 13.8 Å². The lowest BCUT2D eigenvalue weighted by Crippen LogP contribution is -2.14. The predicted octanol–water partition coefficient (Wildman–Crippen LogP) is 3.66. The Morgan fingerprint density at radius 2 is 2.00 bits per heavy atom. The topological polar surface area (TPSA) is 94.7 Å². The molecule has 0 aliphatic carbocycles. The van der Waals surface area contributed by atoms with Gasteiger partial charge in [-0.05, 0) is 50.1 Å². The normalized spacial score (nSPS) is 12.4. The molecule has 8 heteroatoms. The summed E-state index contributed by atoms with van der Waals surface area (Å²) in [5.41, 5.74) is 2.53. The van der Waals surface area contributed by atoms with Crippen LogP contribution in [0.2, 0.25) is 5.02 Å². The highest BCUT2D eigenvalue weighted by atomic mass is 35.5. The summed E-state index contributed by atoms with van der Waals surface area (Å²) in [5.74, 6) is -0.272. The van der Waals surface area contributed by atoms with Crippen LogP contribution in [0.4, 0.5) is 0 Å². The van der Waals surface area contributed by atoms with Crippen LogP contribution in [0.1, 0.15) is 44.6 Å². The van der Waals surface area contributed by atoms with Gasteiger partial charge in [0.15, 0.2) is 23.9 Å². The van der Waals surface area contributed by atoms with E-state index in [0.29, 0.717) is 38.9 Å². The van der Waals surface area contributed by atoms with Gasteiger partial charge in [-0.15, -0.1) is 0 Å². The maximum Gasteiger partial charge on any atom is 0.331 e. The van der Waals surface area contributed by atoms with E-state index in [1.807, 2.05) is 0 Å². The van der Waals surface area contributed by atoms with Crippen LogP contribution in [0.3, 0.4) is 0 Å². The van der Waals surface area contributed by atoms with Gasteiger partial charge in [0.05, 0.1) is 10.7 Å². The molecular weight excluding hydrogens is 386 g/mol. The van der Waals surface area contributed by atoms with Crippen molar-refractivity contribution in [3.05, 3.63) is 51.3 Å². The first kappa shape index (κ1) is 19.7. The fourth-order valence-electron chi connectivity index (χ4n) is 3.06. The third kappa shape index (κ3) is 3.94. The maximum atomic E-state index is 12.3. The molecule has 0 fully saturated rings. The van der Waals surface area contributed by atoms with Gasteiger partial charge in [-0.2, -0.15) is 0 Å². The Hall–Kier alpha value is -3.06. The highest BCUT2D eigenvalue weighted by Gasteiger charge is 2.21. The number of aromatic amines is 1. The molecule has 0 spiro atoms. The minimum Gasteiger partial charge on any atom is -0.454 e. The van der Waals surface area contributed by atoms with E-state index < -0.39 is 18.4 Å². The molecule has 0 saturated carbocycles. The molecule has 7 nitrogen and oxygen atoms in total. The number of H-pyrrole nitrogens is 1. The fraction of sp³-hybridized carbons (Fsp3) is 0.250. The van der Waals surface area contributed by atoms with Crippen LogP contribution >= 0.6 is 11.6 Å². The Morgan fingerprint density at radius 3 is 2.68 bits per heavy atom. The van der Waals surface area contributed by atoms with Gasteiger partial charge < -0.3 is 19.2 Å². The number of carbonyl (C=O) groups excluding carboxylic acids is 3. The minimum absolute atomic E-state index is 0.0926. The third-order valence-corrected chi connectivity index (χ3v) is 4.56. The molecule has 0 amide bonds. The zero-order valence-corrected chi connectivity index (χ0v) is 16.3. The number of Topliss-reactive ketones (excluding diaryl/α,β-unsaturated/α-hetero) is 2. The second-order valence-electron chi connectivity index (χ2n) is 6.28. The lowest BCUT2D eigenvalue weighted by atomic mass is 10.1. The number of ether oxygens (including phenoxy) is 3. The summed E-state index contributed by atoms with van der Waals surface area (Å²) >= 11 is 6.09. The number of rotatable bonds is 6. The van der Waals surface area contributed by atoms with Crippen LogP contribution in [-0.2, 0) is 9.53 Å². The summed E-state index contributed by atoms with van der Waals surface area (Å²) in [6, 6.07) is 3.30. The van der Waals surface area contributed by atoms with Gasteiger partial charge in [-0.1, -0.05) is 11.6 Å². The summed E-state index contributed by atoms with van der Waals surface area (Å²) < 4.78 is 15.5. The van der Waals surface area contributed by atoms with Crippen molar-refractivity contribution in [2.75, 3.05) is 13.4 Å². The molecule has 28 heavy (non-hydrogen) atoms. The quantitative estimate of drug-likeness (QED) is 0.449. The van der Waals surface area contributed by atoms with E-state index in [1.54, 1.807) is 26.0 Å². The monoisotopic (exact) mass is 403 g/mol. The van der Waals surface area contributed by atoms with E-state index in [0.717, 1.165) is 0 Å². The highest BCUT2D eigenvalue weighted by molar-refractivity contribution is 6.32. The van der Waals surface area contributed by atoms with Crippen molar-refractivity contribution in [2.45, 2.75) is 20.8 Å². The number of ketones is 2. The van der Waals surface area contributed by atoms with Crippen LogP contribution in [-0.4, -0.2) is 35.9 Å². The van der Waals surface area contributed by atoms with E-state index in [4.69, 9.17) is 25.8 Å². The molecule has 2 heterocycles. The third-order valence-electron chi connectivity index (χ3n) is 4.28.